The molecule has 1 aliphatic rings. The summed E-state index contributed by atoms with van der Waals surface area (Å²) in [7, 11) is -3.56. The summed E-state index contributed by atoms with van der Waals surface area (Å²) in [4.78, 5) is 12.8. The van der Waals surface area contributed by atoms with Crippen molar-refractivity contribution in [3.8, 4) is 0 Å². The molecule has 0 saturated carbocycles. The molecule has 0 spiro atoms. The van der Waals surface area contributed by atoms with Crippen molar-refractivity contribution in [3.63, 3.8) is 0 Å². The minimum Gasteiger partial charge on any atom is -0.379 e. The molecule has 1 unspecified atom stereocenters. The van der Waals surface area contributed by atoms with Gasteiger partial charge in [-0.15, -0.1) is 0 Å². The van der Waals surface area contributed by atoms with Crippen LogP contribution in [0.1, 0.15) is 40.0 Å². The normalized spacial score (nSPS) is 16.5. The third kappa shape index (κ3) is 4.43. The predicted molar refractivity (Wildman–Crippen MR) is 108 cm³/mol. The van der Waals surface area contributed by atoms with E-state index in [0.717, 1.165) is 11.1 Å². The third-order valence-electron chi connectivity index (χ3n) is 4.96. The quantitative estimate of drug-likeness (QED) is 0.834. The van der Waals surface area contributed by atoms with Crippen molar-refractivity contribution in [3.05, 3.63) is 64.7 Å². The number of rotatable bonds is 5. The Morgan fingerprint density at radius 2 is 1.71 bits per heavy atom. The van der Waals surface area contributed by atoms with Gasteiger partial charge in [0.05, 0.1) is 24.2 Å². The van der Waals surface area contributed by atoms with Crippen LogP contribution in [0.25, 0.3) is 0 Å². The standard InChI is InChI=1S/C21H26N2O4S/c1-15-4-9-20(16(2)14-15)17(3)22-21(24)18-5-7-19(8-6-18)28(25,26)23-10-12-27-13-11-23/h4-9,14,17H,10-13H2,1-3H3,(H,22,24). The Balaban J connectivity index is 1.71. The molecule has 1 aliphatic heterocycles. The first-order chi connectivity index (χ1) is 13.3. The lowest BCUT2D eigenvalue weighted by atomic mass is 10.00. The van der Waals surface area contributed by atoms with E-state index in [0.29, 0.717) is 31.9 Å². The summed E-state index contributed by atoms with van der Waals surface area (Å²) in [5.74, 6) is -0.234. The van der Waals surface area contributed by atoms with E-state index >= 15 is 0 Å². The van der Waals surface area contributed by atoms with E-state index in [2.05, 4.69) is 11.4 Å². The fraction of sp³-hybridized carbons (Fsp3) is 0.381. The average molecular weight is 403 g/mol. The topological polar surface area (TPSA) is 75.7 Å². The molecule has 28 heavy (non-hydrogen) atoms. The van der Waals surface area contributed by atoms with Gasteiger partial charge in [0.15, 0.2) is 0 Å². The molecule has 6 nitrogen and oxygen atoms in total. The molecule has 3 rings (SSSR count). The van der Waals surface area contributed by atoms with Crippen LogP contribution >= 0.6 is 0 Å². The molecule has 7 heteroatoms. The fourth-order valence-corrected chi connectivity index (χ4v) is 4.79. The van der Waals surface area contributed by atoms with E-state index in [4.69, 9.17) is 4.74 Å². The summed E-state index contributed by atoms with van der Waals surface area (Å²) in [6.45, 7) is 7.48. The molecule has 1 saturated heterocycles. The lowest BCUT2D eigenvalue weighted by molar-refractivity contribution is 0.0730. The summed E-state index contributed by atoms with van der Waals surface area (Å²) < 4.78 is 32.0. The maximum absolute atomic E-state index is 12.7. The first-order valence-electron chi connectivity index (χ1n) is 9.35. The Morgan fingerprint density at radius 3 is 2.32 bits per heavy atom. The highest BCUT2D eigenvalue weighted by molar-refractivity contribution is 7.89. The number of ether oxygens (including phenoxy) is 1. The van der Waals surface area contributed by atoms with Gasteiger partial charge in [0, 0.05) is 18.7 Å². The Bertz CT molecular complexity index is 949. The smallest absolute Gasteiger partial charge is 0.251 e. The number of nitrogens with one attached hydrogen (secondary N) is 1. The van der Waals surface area contributed by atoms with Crippen molar-refractivity contribution in [2.75, 3.05) is 26.3 Å². The van der Waals surface area contributed by atoms with Gasteiger partial charge in [-0.05, 0) is 56.2 Å². The molecule has 0 aromatic heterocycles. The van der Waals surface area contributed by atoms with E-state index in [-0.39, 0.29) is 16.8 Å². The molecule has 1 N–H and O–H groups in total. The van der Waals surface area contributed by atoms with Crippen LogP contribution in [0.5, 0.6) is 0 Å². The maximum atomic E-state index is 12.7. The number of nitrogens with zero attached hydrogens (tertiary/aromatic N) is 1. The number of aryl methyl sites for hydroxylation is 2. The molecule has 1 fully saturated rings. The molecule has 2 aromatic carbocycles. The first kappa shape index (κ1) is 20.5. The zero-order chi connectivity index (χ0) is 20.3. The first-order valence-corrected chi connectivity index (χ1v) is 10.8. The minimum absolute atomic E-state index is 0.148. The number of carbonyl (C=O) groups is 1. The van der Waals surface area contributed by atoms with Crippen LogP contribution in [0.4, 0.5) is 0 Å². The average Bonchev–Trinajstić information content (AvgIpc) is 2.68. The molecule has 0 aliphatic carbocycles. The van der Waals surface area contributed by atoms with Gasteiger partial charge < -0.3 is 10.1 Å². The van der Waals surface area contributed by atoms with E-state index in [9.17, 15) is 13.2 Å². The highest BCUT2D eigenvalue weighted by Gasteiger charge is 2.26. The van der Waals surface area contributed by atoms with Crippen LogP contribution in [0.3, 0.4) is 0 Å². The Kier molecular flexibility index (Phi) is 6.17. The van der Waals surface area contributed by atoms with Crippen molar-refractivity contribution < 1.29 is 17.9 Å². The zero-order valence-electron chi connectivity index (χ0n) is 16.4. The zero-order valence-corrected chi connectivity index (χ0v) is 17.3. The third-order valence-corrected chi connectivity index (χ3v) is 6.88. The van der Waals surface area contributed by atoms with Crippen LogP contribution in [0.2, 0.25) is 0 Å². The van der Waals surface area contributed by atoms with E-state index in [1.165, 1.54) is 22.0 Å². The Labute approximate surface area is 166 Å². The molecular weight excluding hydrogens is 376 g/mol. The largest absolute Gasteiger partial charge is 0.379 e. The summed E-state index contributed by atoms with van der Waals surface area (Å²) >= 11 is 0. The number of amides is 1. The van der Waals surface area contributed by atoms with E-state index < -0.39 is 10.0 Å². The molecule has 1 atom stereocenters. The maximum Gasteiger partial charge on any atom is 0.251 e. The van der Waals surface area contributed by atoms with E-state index in [1.807, 2.05) is 32.9 Å². The highest BCUT2D eigenvalue weighted by atomic mass is 32.2. The van der Waals surface area contributed by atoms with Crippen LogP contribution < -0.4 is 5.32 Å². The molecule has 1 amide bonds. The Morgan fingerprint density at radius 1 is 1.07 bits per heavy atom. The summed E-state index contributed by atoms with van der Waals surface area (Å²) in [5, 5.41) is 2.98. The van der Waals surface area contributed by atoms with Crippen molar-refractivity contribution in [1.82, 2.24) is 9.62 Å². The molecule has 2 aromatic rings. The second-order valence-electron chi connectivity index (χ2n) is 7.10. The molecule has 0 bridgehead atoms. The minimum atomic E-state index is -3.56. The van der Waals surface area contributed by atoms with Crippen LogP contribution in [-0.2, 0) is 14.8 Å². The number of carbonyl (C=O) groups excluding carboxylic acids is 1. The van der Waals surface area contributed by atoms with Gasteiger partial charge in [0.25, 0.3) is 5.91 Å². The number of benzene rings is 2. The van der Waals surface area contributed by atoms with Crippen molar-refractivity contribution in [1.29, 1.82) is 0 Å². The van der Waals surface area contributed by atoms with Crippen molar-refractivity contribution in [2.24, 2.45) is 0 Å². The van der Waals surface area contributed by atoms with Gasteiger partial charge in [0.1, 0.15) is 0 Å². The monoisotopic (exact) mass is 402 g/mol. The lowest BCUT2D eigenvalue weighted by Crippen LogP contribution is -2.40. The van der Waals surface area contributed by atoms with Gasteiger partial charge in [-0.25, -0.2) is 8.42 Å². The van der Waals surface area contributed by atoms with Crippen LogP contribution in [0, 0.1) is 13.8 Å². The second-order valence-corrected chi connectivity index (χ2v) is 9.03. The lowest BCUT2D eigenvalue weighted by Gasteiger charge is -2.26. The summed E-state index contributed by atoms with van der Waals surface area (Å²) in [6, 6.07) is 12.1. The number of sulfonamides is 1. The van der Waals surface area contributed by atoms with Gasteiger partial charge in [-0.1, -0.05) is 23.8 Å². The molecule has 0 radical (unpaired) electrons. The SMILES string of the molecule is Cc1ccc(C(C)NC(=O)c2ccc(S(=O)(=O)N3CCOCC3)cc2)c(C)c1. The summed E-state index contributed by atoms with van der Waals surface area (Å²) in [6.07, 6.45) is 0. The number of morpholine rings is 1. The predicted octanol–water partition coefficient (Wildman–Crippen LogP) is 2.82. The van der Waals surface area contributed by atoms with Crippen LogP contribution in [-0.4, -0.2) is 44.9 Å². The van der Waals surface area contributed by atoms with Gasteiger partial charge in [0.2, 0.25) is 10.0 Å². The molecule has 1 heterocycles. The summed E-state index contributed by atoms with van der Waals surface area (Å²) in [5.41, 5.74) is 3.79. The molecule has 150 valence electrons. The van der Waals surface area contributed by atoms with Gasteiger partial charge in [-0.3, -0.25) is 4.79 Å². The van der Waals surface area contributed by atoms with E-state index in [1.54, 1.807) is 12.1 Å². The Hall–Kier alpha value is -2.22. The number of hydrogen-bond acceptors (Lipinski definition) is 4. The van der Waals surface area contributed by atoms with Crippen LogP contribution in [0.15, 0.2) is 47.4 Å². The highest BCUT2D eigenvalue weighted by Crippen LogP contribution is 2.20. The van der Waals surface area contributed by atoms with Gasteiger partial charge in [-0.2, -0.15) is 4.31 Å². The van der Waals surface area contributed by atoms with Crippen molar-refractivity contribution in [2.45, 2.75) is 31.7 Å². The van der Waals surface area contributed by atoms with Crippen molar-refractivity contribution >= 4 is 15.9 Å². The van der Waals surface area contributed by atoms with Gasteiger partial charge >= 0.3 is 0 Å². The fourth-order valence-electron chi connectivity index (χ4n) is 3.38. The number of hydrogen-bond donors (Lipinski definition) is 1. The molecular formula is C21H26N2O4S. The second kappa shape index (κ2) is 8.43.